The number of rotatable bonds is 3. The third-order valence-electron chi connectivity index (χ3n) is 3.67. The molecule has 6 heteroatoms. The SMILES string of the molecule is CN(C)C(=O)c1ccc(Nc2c(N)cnc3ccc(Br)cc23)cc1. The second-order valence-corrected chi connectivity index (χ2v) is 6.57. The monoisotopic (exact) mass is 384 g/mol. The lowest BCUT2D eigenvalue weighted by Gasteiger charge is -2.14. The molecule has 122 valence electrons. The summed E-state index contributed by atoms with van der Waals surface area (Å²) in [4.78, 5) is 17.8. The first-order valence-corrected chi connectivity index (χ1v) is 8.17. The van der Waals surface area contributed by atoms with Gasteiger partial charge < -0.3 is 16.0 Å². The van der Waals surface area contributed by atoms with Crippen molar-refractivity contribution in [1.29, 1.82) is 0 Å². The summed E-state index contributed by atoms with van der Waals surface area (Å²) in [5.41, 5.74) is 9.81. The van der Waals surface area contributed by atoms with Crippen LogP contribution in [0.4, 0.5) is 17.1 Å². The zero-order chi connectivity index (χ0) is 17.3. The van der Waals surface area contributed by atoms with E-state index in [4.69, 9.17) is 5.73 Å². The van der Waals surface area contributed by atoms with Crippen molar-refractivity contribution in [3.8, 4) is 0 Å². The third kappa shape index (κ3) is 3.19. The number of aromatic nitrogens is 1. The maximum Gasteiger partial charge on any atom is 0.253 e. The van der Waals surface area contributed by atoms with Crippen molar-refractivity contribution in [2.75, 3.05) is 25.1 Å². The van der Waals surface area contributed by atoms with Crippen LogP contribution in [0.5, 0.6) is 0 Å². The average molecular weight is 385 g/mol. The second-order valence-electron chi connectivity index (χ2n) is 5.65. The fourth-order valence-corrected chi connectivity index (χ4v) is 2.78. The van der Waals surface area contributed by atoms with Crippen LogP contribution in [0, 0.1) is 0 Å². The lowest BCUT2D eigenvalue weighted by Crippen LogP contribution is -2.21. The number of anilines is 3. The maximum atomic E-state index is 12.0. The van der Waals surface area contributed by atoms with Crippen molar-refractivity contribution >= 4 is 49.8 Å². The molecule has 0 spiro atoms. The first-order chi connectivity index (χ1) is 11.5. The van der Waals surface area contributed by atoms with Gasteiger partial charge >= 0.3 is 0 Å². The number of nitrogen functional groups attached to an aromatic ring is 1. The van der Waals surface area contributed by atoms with E-state index in [1.54, 1.807) is 37.3 Å². The molecule has 0 unspecified atom stereocenters. The van der Waals surface area contributed by atoms with E-state index >= 15 is 0 Å². The van der Waals surface area contributed by atoms with Gasteiger partial charge in [-0.15, -0.1) is 0 Å². The molecule has 0 fully saturated rings. The molecule has 2 aromatic carbocycles. The van der Waals surface area contributed by atoms with Crippen LogP contribution in [0.1, 0.15) is 10.4 Å². The Kier molecular flexibility index (Phi) is 4.40. The van der Waals surface area contributed by atoms with Gasteiger partial charge in [0.05, 0.1) is 23.1 Å². The molecule has 3 N–H and O–H groups in total. The standard InChI is InChI=1S/C18H17BrN4O/c1-23(2)18(24)11-3-6-13(7-4-11)22-17-14-9-12(19)5-8-16(14)21-10-15(17)20/h3-10H,20H2,1-2H3,(H,21,22). The van der Waals surface area contributed by atoms with Crippen molar-refractivity contribution in [1.82, 2.24) is 9.88 Å². The predicted octanol–water partition coefficient (Wildman–Crippen LogP) is 4.02. The molecule has 24 heavy (non-hydrogen) atoms. The quantitative estimate of drug-likeness (QED) is 0.714. The van der Waals surface area contributed by atoms with Crippen LogP contribution in [0.3, 0.4) is 0 Å². The second kappa shape index (κ2) is 6.49. The van der Waals surface area contributed by atoms with Crippen molar-refractivity contribution in [3.63, 3.8) is 0 Å². The number of benzene rings is 2. The highest BCUT2D eigenvalue weighted by atomic mass is 79.9. The van der Waals surface area contributed by atoms with Crippen LogP contribution in [0.25, 0.3) is 10.9 Å². The summed E-state index contributed by atoms with van der Waals surface area (Å²) >= 11 is 3.48. The highest BCUT2D eigenvalue weighted by Crippen LogP contribution is 2.32. The van der Waals surface area contributed by atoms with Gasteiger partial charge in [0.1, 0.15) is 0 Å². The number of nitrogens with one attached hydrogen (secondary N) is 1. The number of halogens is 1. The molecule has 3 rings (SSSR count). The summed E-state index contributed by atoms with van der Waals surface area (Å²) in [7, 11) is 3.46. The van der Waals surface area contributed by atoms with Gasteiger partial charge in [-0.25, -0.2) is 0 Å². The van der Waals surface area contributed by atoms with Crippen molar-refractivity contribution in [2.24, 2.45) is 0 Å². The van der Waals surface area contributed by atoms with Gasteiger partial charge in [-0.3, -0.25) is 9.78 Å². The number of hydrogen-bond donors (Lipinski definition) is 2. The molecule has 0 aliphatic rings. The van der Waals surface area contributed by atoms with E-state index in [0.717, 1.165) is 26.8 Å². The average Bonchev–Trinajstić information content (AvgIpc) is 2.57. The first-order valence-electron chi connectivity index (χ1n) is 7.38. The highest BCUT2D eigenvalue weighted by molar-refractivity contribution is 9.10. The molecule has 0 atom stereocenters. The Hall–Kier alpha value is -2.60. The molecule has 0 bridgehead atoms. The van der Waals surface area contributed by atoms with Crippen molar-refractivity contribution < 1.29 is 4.79 Å². The number of hydrogen-bond acceptors (Lipinski definition) is 4. The number of nitrogens with two attached hydrogens (primary N) is 1. The lowest BCUT2D eigenvalue weighted by atomic mass is 10.1. The normalized spacial score (nSPS) is 10.6. The lowest BCUT2D eigenvalue weighted by molar-refractivity contribution is 0.0827. The van der Waals surface area contributed by atoms with Gasteiger partial charge in [0, 0.05) is 35.2 Å². The Morgan fingerprint density at radius 1 is 1.17 bits per heavy atom. The molecule has 0 saturated heterocycles. The molecule has 0 aliphatic heterocycles. The number of carbonyl (C=O) groups excluding carboxylic acids is 1. The number of fused-ring (bicyclic) bond motifs is 1. The van der Waals surface area contributed by atoms with E-state index in [1.165, 1.54) is 0 Å². The molecular formula is C18H17BrN4O. The van der Waals surface area contributed by atoms with Crippen LogP contribution >= 0.6 is 15.9 Å². The fourth-order valence-electron chi connectivity index (χ4n) is 2.42. The Labute approximate surface area is 148 Å². The topological polar surface area (TPSA) is 71.2 Å². The summed E-state index contributed by atoms with van der Waals surface area (Å²) in [6.07, 6.45) is 1.64. The molecule has 1 aromatic heterocycles. The van der Waals surface area contributed by atoms with E-state index in [0.29, 0.717) is 11.3 Å². The molecule has 1 heterocycles. The smallest absolute Gasteiger partial charge is 0.253 e. The summed E-state index contributed by atoms with van der Waals surface area (Å²) < 4.78 is 0.956. The molecule has 0 aliphatic carbocycles. The third-order valence-corrected chi connectivity index (χ3v) is 4.16. The van der Waals surface area contributed by atoms with Crippen molar-refractivity contribution in [2.45, 2.75) is 0 Å². The minimum atomic E-state index is -0.0284. The number of nitrogens with zero attached hydrogens (tertiary/aromatic N) is 2. The fraction of sp³-hybridized carbons (Fsp3) is 0.111. The zero-order valence-electron chi connectivity index (χ0n) is 13.4. The Balaban J connectivity index is 1.96. The summed E-state index contributed by atoms with van der Waals surface area (Å²) in [6.45, 7) is 0. The predicted molar refractivity (Wildman–Crippen MR) is 102 cm³/mol. The molecule has 0 saturated carbocycles. The van der Waals surface area contributed by atoms with Gasteiger partial charge in [0.15, 0.2) is 0 Å². The van der Waals surface area contributed by atoms with Gasteiger partial charge in [0.2, 0.25) is 0 Å². The summed E-state index contributed by atoms with van der Waals surface area (Å²) in [5, 5.41) is 4.26. The van der Waals surface area contributed by atoms with E-state index < -0.39 is 0 Å². The largest absolute Gasteiger partial charge is 0.396 e. The molecule has 0 radical (unpaired) electrons. The van der Waals surface area contributed by atoms with Crippen LogP contribution in [-0.2, 0) is 0 Å². The van der Waals surface area contributed by atoms with Gasteiger partial charge in [0.25, 0.3) is 5.91 Å². The Morgan fingerprint density at radius 2 is 1.88 bits per heavy atom. The Bertz CT molecular complexity index is 902. The minimum Gasteiger partial charge on any atom is -0.396 e. The molecule has 1 amide bonds. The summed E-state index contributed by atoms with van der Waals surface area (Å²) in [5.74, 6) is -0.0284. The Morgan fingerprint density at radius 3 is 2.54 bits per heavy atom. The number of carbonyl (C=O) groups is 1. The molecule has 5 nitrogen and oxygen atoms in total. The molecular weight excluding hydrogens is 368 g/mol. The van der Waals surface area contributed by atoms with E-state index in [2.05, 4.69) is 26.2 Å². The van der Waals surface area contributed by atoms with E-state index in [-0.39, 0.29) is 5.91 Å². The van der Waals surface area contributed by atoms with Crippen LogP contribution < -0.4 is 11.1 Å². The van der Waals surface area contributed by atoms with Crippen LogP contribution in [-0.4, -0.2) is 29.9 Å². The maximum absolute atomic E-state index is 12.0. The van der Waals surface area contributed by atoms with Crippen molar-refractivity contribution in [3.05, 3.63) is 58.7 Å². The van der Waals surface area contributed by atoms with Crippen LogP contribution in [0.2, 0.25) is 0 Å². The van der Waals surface area contributed by atoms with E-state index in [9.17, 15) is 4.79 Å². The highest BCUT2D eigenvalue weighted by Gasteiger charge is 2.10. The van der Waals surface area contributed by atoms with Crippen LogP contribution in [0.15, 0.2) is 53.1 Å². The summed E-state index contributed by atoms with van der Waals surface area (Å²) in [6, 6.07) is 13.2. The zero-order valence-corrected chi connectivity index (χ0v) is 15.0. The number of amides is 1. The number of pyridine rings is 1. The minimum absolute atomic E-state index is 0.0284. The first kappa shape index (κ1) is 16.3. The van der Waals surface area contributed by atoms with Gasteiger partial charge in [-0.05, 0) is 42.5 Å². The van der Waals surface area contributed by atoms with E-state index in [1.807, 2.05) is 30.3 Å². The van der Waals surface area contributed by atoms with Gasteiger partial charge in [-0.1, -0.05) is 15.9 Å². The molecule has 3 aromatic rings. The van der Waals surface area contributed by atoms with Gasteiger partial charge in [-0.2, -0.15) is 0 Å².